The second-order valence-electron chi connectivity index (χ2n) is 4.38. The zero-order valence-corrected chi connectivity index (χ0v) is 12.4. The van der Waals surface area contributed by atoms with Gasteiger partial charge in [0.1, 0.15) is 17.2 Å². The van der Waals surface area contributed by atoms with Crippen molar-refractivity contribution in [3.05, 3.63) is 52.5 Å². The standard InChI is InChI=1S/C15H15ClN2O3/c1-9-3-6-13(12(16)7-9)21-14-8-10(20-2)4-5-11(14)15(17)18-19/h3-8,19H,1-2H3,(H2,17,18). The lowest BCUT2D eigenvalue weighted by Gasteiger charge is -2.13. The number of oxime groups is 1. The summed E-state index contributed by atoms with van der Waals surface area (Å²) >= 11 is 6.15. The van der Waals surface area contributed by atoms with Crippen molar-refractivity contribution in [2.75, 3.05) is 7.11 Å². The topological polar surface area (TPSA) is 77.1 Å². The largest absolute Gasteiger partial charge is 0.497 e. The summed E-state index contributed by atoms with van der Waals surface area (Å²) in [5, 5.41) is 12.3. The molecule has 2 aromatic rings. The fourth-order valence-corrected chi connectivity index (χ4v) is 2.06. The van der Waals surface area contributed by atoms with Crippen molar-refractivity contribution in [3.8, 4) is 17.2 Å². The monoisotopic (exact) mass is 306 g/mol. The predicted molar refractivity (Wildman–Crippen MR) is 81.8 cm³/mol. The van der Waals surface area contributed by atoms with E-state index in [2.05, 4.69) is 5.16 Å². The molecule has 6 heteroatoms. The molecule has 0 aliphatic heterocycles. The number of rotatable bonds is 4. The lowest BCUT2D eigenvalue weighted by Crippen LogP contribution is -2.14. The first-order valence-corrected chi connectivity index (χ1v) is 6.53. The number of nitrogens with two attached hydrogens (primary N) is 1. The van der Waals surface area contributed by atoms with Gasteiger partial charge in [-0.15, -0.1) is 0 Å². The first-order chi connectivity index (χ1) is 10.0. The molecule has 110 valence electrons. The van der Waals surface area contributed by atoms with Crippen LogP contribution >= 0.6 is 11.6 Å². The summed E-state index contributed by atoms with van der Waals surface area (Å²) in [6.07, 6.45) is 0. The molecule has 0 fully saturated rings. The summed E-state index contributed by atoms with van der Waals surface area (Å²) in [5.41, 5.74) is 7.11. The van der Waals surface area contributed by atoms with E-state index in [1.165, 1.54) is 0 Å². The summed E-state index contributed by atoms with van der Waals surface area (Å²) in [7, 11) is 1.54. The Labute approximate surface area is 127 Å². The Balaban J connectivity index is 2.46. The van der Waals surface area contributed by atoms with Gasteiger partial charge in [0.2, 0.25) is 0 Å². The number of aryl methyl sites for hydroxylation is 1. The van der Waals surface area contributed by atoms with Gasteiger partial charge < -0.3 is 20.4 Å². The van der Waals surface area contributed by atoms with E-state index in [9.17, 15) is 0 Å². The molecule has 0 bridgehead atoms. The zero-order chi connectivity index (χ0) is 15.4. The van der Waals surface area contributed by atoms with E-state index in [1.807, 2.05) is 13.0 Å². The van der Waals surface area contributed by atoms with E-state index in [0.717, 1.165) is 5.56 Å². The van der Waals surface area contributed by atoms with E-state index in [-0.39, 0.29) is 5.84 Å². The van der Waals surface area contributed by atoms with Crippen LogP contribution in [0, 0.1) is 6.92 Å². The SMILES string of the molecule is COc1ccc(/C(N)=N/O)c(Oc2ccc(C)cc2Cl)c1. The van der Waals surface area contributed by atoms with Crippen LogP contribution in [0.25, 0.3) is 0 Å². The summed E-state index contributed by atoms with van der Waals surface area (Å²) in [5.74, 6) is 1.39. The summed E-state index contributed by atoms with van der Waals surface area (Å²) < 4.78 is 10.9. The molecule has 0 saturated heterocycles. The van der Waals surface area contributed by atoms with Gasteiger partial charge >= 0.3 is 0 Å². The fourth-order valence-electron chi connectivity index (χ4n) is 1.79. The Hall–Kier alpha value is -2.40. The highest BCUT2D eigenvalue weighted by Gasteiger charge is 2.12. The number of ether oxygens (including phenoxy) is 2. The maximum atomic E-state index is 8.85. The van der Waals surface area contributed by atoms with Crippen LogP contribution in [0.4, 0.5) is 0 Å². The van der Waals surface area contributed by atoms with Gasteiger partial charge in [-0.25, -0.2) is 0 Å². The zero-order valence-electron chi connectivity index (χ0n) is 11.6. The van der Waals surface area contributed by atoms with E-state index in [0.29, 0.717) is 27.8 Å². The van der Waals surface area contributed by atoms with Crippen molar-refractivity contribution in [3.63, 3.8) is 0 Å². The lowest BCUT2D eigenvalue weighted by atomic mass is 10.1. The quantitative estimate of drug-likeness (QED) is 0.392. The van der Waals surface area contributed by atoms with E-state index < -0.39 is 0 Å². The first kappa shape index (κ1) is 15.0. The molecular formula is C15H15ClN2O3. The molecular weight excluding hydrogens is 292 g/mol. The van der Waals surface area contributed by atoms with Crippen molar-refractivity contribution in [1.29, 1.82) is 0 Å². The summed E-state index contributed by atoms with van der Waals surface area (Å²) in [4.78, 5) is 0. The van der Waals surface area contributed by atoms with Gasteiger partial charge in [0.05, 0.1) is 17.7 Å². The number of methoxy groups -OCH3 is 1. The van der Waals surface area contributed by atoms with Gasteiger partial charge in [0.15, 0.2) is 5.84 Å². The van der Waals surface area contributed by atoms with Crippen molar-refractivity contribution >= 4 is 17.4 Å². The third-order valence-corrected chi connectivity index (χ3v) is 3.18. The molecule has 0 saturated carbocycles. The first-order valence-electron chi connectivity index (χ1n) is 6.15. The van der Waals surface area contributed by atoms with E-state index in [4.69, 9.17) is 32.0 Å². The molecule has 0 radical (unpaired) electrons. The van der Waals surface area contributed by atoms with Gasteiger partial charge in [0, 0.05) is 6.07 Å². The smallest absolute Gasteiger partial charge is 0.173 e. The fraction of sp³-hybridized carbons (Fsp3) is 0.133. The minimum absolute atomic E-state index is 0.0594. The Bertz CT molecular complexity index is 687. The molecule has 2 rings (SSSR count). The van der Waals surface area contributed by atoms with Crippen LogP contribution < -0.4 is 15.2 Å². The van der Waals surface area contributed by atoms with Gasteiger partial charge in [-0.2, -0.15) is 0 Å². The number of hydrogen-bond donors (Lipinski definition) is 2. The van der Waals surface area contributed by atoms with Crippen LogP contribution in [-0.2, 0) is 0 Å². The molecule has 0 atom stereocenters. The highest BCUT2D eigenvalue weighted by atomic mass is 35.5. The molecule has 3 N–H and O–H groups in total. The van der Waals surface area contributed by atoms with E-state index in [1.54, 1.807) is 37.4 Å². The molecule has 0 aliphatic carbocycles. The Morgan fingerprint density at radius 2 is 1.95 bits per heavy atom. The van der Waals surface area contributed by atoms with Gasteiger partial charge in [-0.1, -0.05) is 22.8 Å². The molecule has 0 aliphatic rings. The second-order valence-corrected chi connectivity index (χ2v) is 4.79. The minimum Gasteiger partial charge on any atom is -0.497 e. The van der Waals surface area contributed by atoms with Crippen LogP contribution in [0.1, 0.15) is 11.1 Å². The number of benzene rings is 2. The molecule has 0 unspecified atom stereocenters. The highest BCUT2D eigenvalue weighted by molar-refractivity contribution is 6.32. The van der Waals surface area contributed by atoms with Gasteiger partial charge in [-0.3, -0.25) is 0 Å². The van der Waals surface area contributed by atoms with Crippen LogP contribution in [-0.4, -0.2) is 18.2 Å². The lowest BCUT2D eigenvalue weighted by molar-refractivity contribution is 0.318. The minimum atomic E-state index is -0.0594. The van der Waals surface area contributed by atoms with Gasteiger partial charge in [0.25, 0.3) is 0 Å². The van der Waals surface area contributed by atoms with Crippen LogP contribution in [0.5, 0.6) is 17.2 Å². The van der Waals surface area contributed by atoms with Crippen LogP contribution in [0.2, 0.25) is 5.02 Å². The third-order valence-electron chi connectivity index (χ3n) is 2.88. The van der Waals surface area contributed by atoms with Crippen molar-refractivity contribution in [2.45, 2.75) is 6.92 Å². The summed E-state index contributed by atoms with van der Waals surface area (Å²) in [6.45, 7) is 1.93. The normalized spacial score (nSPS) is 11.3. The molecule has 0 heterocycles. The van der Waals surface area contributed by atoms with Crippen molar-refractivity contribution in [2.24, 2.45) is 10.9 Å². The molecule has 0 spiro atoms. The highest BCUT2D eigenvalue weighted by Crippen LogP contribution is 2.33. The van der Waals surface area contributed by atoms with Crippen LogP contribution in [0.3, 0.4) is 0 Å². The van der Waals surface area contributed by atoms with Crippen molar-refractivity contribution in [1.82, 2.24) is 0 Å². The molecule has 5 nitrogen and oxygen atoms in total. The van der Waals surface area contributed by atoms with Crippen LogP contribution in [0.15, 0.2) is 41.6 Å². The third kappa shape index (κ3) is 3.38. The Morgan fingerprint density at radius 3 is 2.57 bits per heavy atom. The molecule has 0 aromatic heterocycles. The Kier molecular flexibility index (Phi) is 4.55. The molecule has 21 heavy (non-hydrogen) atoms. The number of amidine groups is 1. The number of hydrogen-bond acceptors (Lipinski definition) is 4. The summed E-state index contributed by atoms with van der Waals surface area (Å²) in [6, 6.07) is 10.4. The van der Waals surface area contributed by atoms with Gasteiger partial charge in [-0.05, 0) is 36.8 Å². The maximum absolute atomic E-state index is 8.85. The average Bonchev–Trinajstić information content (AvgIpc) is 2.49. The average molecular weight is 307 g/mol. The Morgan fingerprint density at radius 1 is 1.19 bits per heavy atom. The maximum Gasteiger partial charge on any atom is 0.173 e. The predicted octanol–water partition coefficient (Wildman–Crippen LogP) is 3.54. The number of halogens is 1. The van der Waals surface area contributed by atoms with Crippen molar-refractivity contribution < 1.29 is 14.7 Å². The van der Waals surface area contributed by atoms with E-state index >= 15 is 0 Å². The molecule has 0 amide bonds. The number of nitrogens with zero attached hydrogens (tertiary/aromatic N) is 1. The second kappa shape index (κ2) is 6.37. The molecule has 2 aromatic carbocycles.